The molecule has 0 saturated heterocycles. The van der Waals surface area contributed by atoms with Gasteiger partial charge in [0.15, 0.2) is 11.3 Å². The van der Waals surface area contributed by atoms with Crippen LogP contribution in [0.2, 0.25) is 0 Å². The summed E-state index contributed by atoms with van der Waals surface area (Å²) in [5.74, 6) is -0.635. The molecule has 8 nitrogen and oxygen atoms in total. The first kappa shape index (κ1) is 18.6. The predicted molar refractivity (Wildman–Crippen MR) is 117 cm³/mol. The molecule has 2 aromatic heterocycles. The van der Waals surface area contributed by atoms with Gasteiger partial charge in [-0.2, -0.15) is 0 Å². The number of benzene rings is 3. The Balaban J connectivity index is 1.51. The van der Waals surface area contributed by atoms with Crippen LogP contribution in [0.1, 0.15) is 0 Å². The lowest BCUT2D eigenvalue weighted by atomic mass is 10.1. The van der Waals surface area contributed by atoms with Crippen molar-refractivity contribution < 1.29 is 9.32 Å². The highest BCUT2D eigenvalue weighted by molar-refractivity contribution is 5.97. The number of aromatic nitrogens is 3. The molecule has 5 aromatic rings. The standard InChI is InChI=1S/C23H16N4O4/c28-20(24-15-7-5-6-14(12-15)22-25-23(30)31-26-22)13-27-18-10-3-1-8-16(18)21(29)17-9-2-4-11-19(17)27/h1-12H,13H2,(H,24,28)(H,25,26,30). The number of para-hydroxylation sites is 2. The Morgan fingerprint density at radius 2 is 1.61 bits per heavy atom. The fraction of sp³-hybridized carbons (Fsp3) is 0.0435. The summed E-state index contributed by atoms with van der Waals surface area (Å²) in [6, 6.07) is 21.4. The third-order valence-corrected chi connectivity index (χ3v) is 5.04. The number of nitrogens with zero attached hydrogens (tertiary/aromatic N) is 2. The fourth-order valence-electron chi connectivity index (χ4n) is 3.69. The zero-order chi connectivity index (χ0) is 21.4. The minimum absolute atomic E-state index is 0.0202. The van der Waals surface area contributed by atoms with E-state index in [4.69, 9.17) is 0 Å². The molecule has 2 heterocycles. The van der Waals surface area contributed by atoms with Crippen molar-refractivity contribution in [1.82, 2.24) is 14.7 Å². The molecule has 5 rings (SSSR count). The summed E-state index contributed by atoms with van der Waals surface area (Å²) in [5.41, 5.74) is 2.46. The molecule has 0 aliphatic heterocycles. The summed E-state index contributed by atoms with van der Waals surface area (Å²) in [5, 5.41) is 7.65. The Kier molecular flexibility index (Phi) is 4.44. The normalized spacial score (nSPS) is 11.1. The summed E-state index contributed by atoms with van der Waals surface area (Å²) in [7, 11) is 0. The molecule has 1 amide bonds. The number of aromatic amines is 1. The largest absolute Gasteiger partial charge is 0.439 e. The third-order valence-electron chi connectivity index (χ3n) is 5.04. The molecule has 2 N–H and O–H groups in total. The third kappa shape index (κ3) is 3.40. The van der Waals surface area contributed by atoms with Crippen molar-refractivity contribution in [3.05, 3.63) is 93.6 Å². The second kappa shape index (κ2) is 7.42. The van der Waals surface area contributed by atoms with Crippen LogP contribution in [0.4, 0.5) is 5.69 Å². The van der Waals surface area contributed by atoms with Crippen molar-refractivity contribution in [1.29, 1.82) is 0 Å². The molecule has 0 fully saturated rings. The summed E-state index contributed by atoms with van der Waals surface area (Å²) >= 11 is 0. The van der Waals surface area contributed by atoms with Gasteiger partial charge in [0.05, 0.1) is 11.0 Å². The first-order chi connectivity index (χ1) is 15.1. The maximum absolute atomic E-state index is 12.9. The van der Waals surface area contributed by atoms with E-state index in [0.717, 1.165) is 0 Å². The highest BCUT2D eigenvalue weighted by Gasteiger charge is 2.13. The van der Waals surface area contributed by atoms with Crippen LogP contribution in [0.3, 0.4) is 0 Å². The van der Waals surface area contributed by atoms with Crippen LogP contribution in [-0.2, 0) is 11.3 Å². The van der Waals surface area contributed by atoms with Gasteiger partial charge in [0.25, 0.3) is 0 Å². The van der Waals surface area contributed by atoms with E-state index < -0.39 is 5.76 Å². The van der Waals surface area contributed by atoms with Gasteiger partial charge >= 0.3 is 5.76 Å². The number of pyridine rings is 1. The Hall–Kier alpha value is -4.46. The number of carbonyl (C=O) groups excluding carboxylic acids is 1. The molecule has 0 atom stereocenters. The van der Waals surface area contributed by atoms with E-state index in [1.54, 1.807) is 36.4 Å². The van der Waals surface area contributed by atoms with E-state index in [-0.39, 0.29) is 23.7 Å². The summed E-state index contributed by atoms with van der Waals surface area (Å²) < 4.78 is 6.37. The quantitative estimate of drug-likeness (QED) is 0.441. The van der Waals surface area contributed by atoms with Crippen molar-refractivity contribution in [2.45, 2.75) is 6.54 Å². The van der Waals surface area contributed by atoms with Gasteiger partial charge in [-0.1, -0.05) is 41.6 Å². The van der Waals surface area contributed by atoms with Crippen LogP contribution in [0.5, 0.6) is 0 Å². The molecule has 0 saturated carbocycles. The van der Waals surface area contributed by atoms with Crippen molar-refractivity contribution in [2.75, 3.05) is 5.32 Å². The summed E-state index contributed by atoms with van der Waals surface area (Å²) in [6.45, 7) is 0.0202. The van der Waals surface area contributed by atoms with Crippen molar-refractivity contribution >= 4 is 33.4 Å². The van der Waals surface area contributed by atoms with E-state index in [2.05, 4.69) is 20.0 Å². The van der Waals surface area contributed by atoms with Crippen LogP contribution in [0.15, 0.2) is 86.9 Å². The van der Waals surface area contributed by atoms with Crippen molar-refractivity contribution in [3.63, 3.8) is 0 Å². The second-order valence-corrected chi connectivity index (χ2v) is 7.02. The van der Waals surface area contributed by atoms with Crippen LogP contribution in [0, 0.1) is 0 Å². The first-order valence-corrected chi connectivity index (χ1v) is 9.57. The Morgan fingerprint density at radius 3 is 2.26 bits per heavy atom. The number of H-pyrrole nitrogens is 1. The van der Waals surface area contributed by atoms with Crippen LogP contribution >= 0.6 is 0 Å². The molecule has 0 aliphatic carbocycles. The fourth-order valence-corrected chi connectivity index (χ4v) is 3.69. The molecule has 3 aromatic carbocycles. The lowest BCUT2D eigenvalue weighted by molar-refractivity contribution is -0.116. The molecule has 8 heteroatoms. The lowest BCUT2D eigenvalue weighted by Crippen LogP contribution is -2.21. The number of fused-ring (bicyclic) bond motifs is 2. The Morgan fingerprint density at radius 1 is 0.935 bits per heavy atom. The predicted octanol–water partition coefficient (Wildman–Crippen LogP) is 3.14. The summed E-state index contributed by atoms with van der Waals surface area (Å²) in [4.78, 5) is 39.4. The minimum Gasteiger partial charge on any atom is -0.331 e. The van der Waals surface area contributed by atoms with Gasteiger partial charge in [-0.25, -0.2) is 4.79 Å². The molecular formula is C23H16N4O4. The maximum Gasteiger partial charge on any atom is 0.439 e. The maximum atomic E-state index is 12.9. The zero-order valence-electron chi connectivity index (χ0n) is 16.2. The number of amides is 1. The van der Waals surface area contributed by atoms with Gasteiger partial charge < -0.3 is 9.88 Å². The van der Waals surface area contributed by atoms with E-state index in [1.165, 1.54) is 0 Å². The van der Waals surface area contributed by atoms with E-state index in [1.807, 2.05) is 41.0 Å². The SMILES string of the molecule is O=C(Cn1c2ccccc2c(=O)c2ccccc21)Nc1cccc(-c2noc(=O)[nH]2)c1. The average Bonchev–Trinajstić information content (AvgIpc) is 3.23. The zero-order valence-corrected chi connectivity index (χ0v) is 16.2. The van der Waals surface area contributed by atoms with Gasteiger partial charge in [0.1, 0.15) is 6.54 Å². The highest BCUT2D eigenvalue weighted by Crippen LogP contribution is 2.21. The minimum atomic E-state index is -0.651. The lowest BCUT2D eigenvalue weighted by Gasteiger charge is -2.15. The van der Waals surface area contributed by atoms with Crippen molar-refractivity contribution in [2.24, 2.45) is 0 Å². The van der Waals surface area contributed by atoms with Crippen LogP contribution < -0.4 is 16.5 Å². The number of carbonyl (C=O) groups is 1. The number of hydrogen-bond donors (Lipinski definition) is 2. The molecular weight excluding hydrogens is 396 g/mol. The van der Waals surface area contributed by atoms with Crippen LogP contribution in [0.25, 0.3) is 33.2 Å². The number of hydrogen-bond acceptors (Lipinski definition) is 5. The van der Waals surface area contributed by atoms with Crippen molar-refractivity contribution in [3.8, 4) is 11.4 Å². The average molecular weight is 412 g/mol. The number of rotatable bonds is 4. The molecule has 0 radical (unpaired) electrons. The van der Waals surface area contributed by atoms with Gasteiger partial charge in [0.2, 0.25) is 5.91 Å². The van der Waals surface area contributed by atoms with Gasteiger partial charge in [0, 0.05) is 22.0 Å². The van der Waals surface area contributed by atoms with Crippen LogP contribution in [-0.4, -0.2) is 20.6 Å². The first-order valence-electron chi connectivity index (χ1n) is 9.57. The van der Waals surface area contributed by atoms with E-state index >= 15 is 0 Å². The number of nitrogens with one attached hydrogen (secondary N) is 2. The topological polar surface area (TPSA) is 110 Å². The van der Waals surface area contributed by atoms with Gasteiger partial charge in [-0.15, -0.1) is 0 Å². The van der Waals surface area contributed by atoms with E-state index in [0.29, 0.717) is 33.1 Å². The molecule has 0 spiro atoms. The molecule has 0 aliphatic rings. The summed E-state index contributed by atoms with van der Waals surface area (Å²) in [6.07, 6.45) is 0. The molecule has 0 unspecified atom stereocenters. The smallest absolute Gasteiger partial charge is 0.331 e. The second-order valence-electron chi connectivity index (χ2n) is 7.02. The van der Waals surface area contributed by atoms with E-state index in [9.17, 15) is 14.4 Å². The monoisotopic (exact) mass is 412 g/mol. The van der Waals surface area contributed by atoms with Gasteiger partial charge in [-0.3, -0.25) is 19.1 Å². The molecule has 31 heavy (non-hydrogen) atoms. The Bertz CT molecular complexity index is 1500. The van der Waals surface area contributed by atoms with Gasteiger partial charge in [-0.05, 0) is 36.4 Å². The highest BCUT2D eigenvalue weighted by atomic mass is 16.5. The number of anilines is 1. The molecule has 152 valence electrons. The Labute approximate surface area is 174 Å². The molecule has 0 bridgehead atoms.